The molecule has 0 bridgehead atoms. The molecule has 0 aliphatic carbocycles. The maximum Gasteiger partial charge on any atom is 0.304 e. The van der Waals surface area contributed by atoms with Crippen LogP contribution in [0.15, 0.2) is 59.1 Å². The Balaban J connectivity index is 1.35. The second-order valence-electron chi connectivity index (χ2n) is 8.73. The summed E-state index contributed by atoms with van der Waals surface area (Å²) in [7, 11) is 0. The van der Waals surface area contributed by atoms with Crippen LogP contribution >= 0.6 is 0 Å². The van der Waals surface area contributed by atoms with Crippen molar-refractivity contribution in [3.8, 4) is 0 Å². The van der Waals surface area contributed by atoms with Gasteiger partial charge in [0, 0.05) is 23.7 Å². The number of benzene rings is 2. The summed E-state index contributed by atoms with van der Waals surface area (Å²) in [4.78, 5) is 32.2. The Labute approximate surface area is 203 Å². The summed E-state index contributed by atoms with van der Waals surface area (Å²) >= 11 is 0. The number of fused-ring (bicyclic) bond motifs is 1. The molecule has 0 amide bonds. The number of hydrogen-bond acceptors (Lipinski definition) is 7. The summed E-state index contributed by atoms with van der Waals surface area (Å²) < 4.78 is 5.88. The summed E-state index contributed by atoms with van der Waals surface area (Å²) in [6.07, 6.45) is 1.90. The number of hydrogen-bond donors (Lipinski definition) is 3. The SMILES string of the molecule is Cc1cccc(Nc2nc3ccc(CC(=O)CNc4ccc(C(C)CC(=O)O)nc4)cc3o2)c1C. The van der Waals surface area contributed by atoms with Gasteiger partial charge in [0.25, 0.3) is 6.01 Å². The van der Waals surface area contributed by atoms with E-state index in [1.807, 2.05) is 44.2 Å². The fourth-order valence-corrected chi connectivity index (χ4v) is 3.79. The number of carboxylic acids is 1. The number of carboxylic acid groups (broad SMARTS) is 1. The number of oxazole rings is 1. The second kappa shape index (κ2) is 10.4. The number of rotatable bonds is 10. The quantitative estimate of drug-likeness (QED) is 0.281. The van der Waals surface area contributed by atoms with Crippen molar-refractivity contribution < 1.29 is 19.1 Å². The highest BCUT2D eigenvalue weighted by molar-refractivity contribution is 5.86. The van der Waals surface area contributed by atoms with Crippen molar-refractivity contribution >= 4 is 40.2 Å². The fourth-order valence-electron chi connectivity index (χ4n) is 3.79. The third-order valence-electron chi connectivity index (χ3n) is 5.96. The van der Waals surface area contributed by atoms with Gasteiger partial charge in [-0.25, -0.2) is 0 Å². The highest BCUT2D eigenvalue weighted by Gasteiger charge is 2.13. The first-order valence-electron chi connectivity index (χ1n) is 11.4. The molecule has 3 N–H and O–H groups in total. The van der Waals surface area contributed by atoms with Crippen molar-refractivity contribution in [3.05, 3.63) is 77.1 Å². The second-order valence-corrected chi connectivity index (χ2v) is 8.73. The van der Waals surface area contributed by atoms with E-state index in [1.165, 1.54) is 5.56 Å². The number of nitrogens with zero attached hydrogens (tertiary/aromatic N) is 2. The summed E-state index contributed by atoms with van der Waals surface area (Å²) in [5.41, 5.74) is 6.84. The van der Waals surface area contributed by atoms with Gasteiger partial charge in [-0.05, 0) is 60.9 Å². The number of anilines is 3. The molecular formula is C27H28N4O4. The number of aryl methyl sites for hydroxylation is 1. The lowest BCUT2D eigenvalue weighted by molar-refractivity contribution is -0.137. The summed E-state index contributed by atoms with van der Waals surface area (Å²) in [6.45, 7) is 6.07. The lowest BCUT2D eigenvalue weighted by atomic mass is 10.0. The van der Waals surface area contributed by atoms with Crippen LogP contribution in [0.25, 0.3) is 11.1 Å². The molecule has 0 fully saturated rings. The Bertz CT molecular complexity index is 1360. The third kappa shape index (κ3) is 6.03. The Hall–Kier alpha value is -4.20. The first-order valence-corrected chi connectivity index (χ1v) is 11.4. The fraction of sp³-hybridized carbons (Fsp3) is 0.259. The van der Waals surface area contributed by atoms with Crippen molar-refractivity contribution in [2.45, 2.75) is 39.5 Å². The number of pyridine rings is 1. The minimum atomic E-state index is -0.857. The van der Waals surface area contributed by atoms with Gasteiger partial charge in [0.15, 0.2) is 11.4 Å². The molecule has 2 aromatic carbocycles. The van der Waals surface area contributed by atoms with Crippen molar-refractivity contribution in [1.29, 1.82) is 0 Å². The smallest absolute Gasteiger partial charge is 0.304 e. The van der Waals surface area contributed by atoms with Crippen molar-refractivity contribution in [2.24, 2.45) is 0 Å². The molecule has 1 atom stereocenters. The van der Waals surface area contributed by atoms with Crippen LogP contribution in [0.3, 0.4) is 0 Å². The minimum absolute atomic E-state index is 0.0147. The largest absolute Gasteiger partial charge is 0.481 e. The van der Waals surface area contributed by atoms with E-state index in [1.54, 1.807) is 18.3 Å². The van der Waals surface area contributed by atoms with Gasteiger partial charge in [-0.3, -0.25) is 14.6 Å². The number of aromatic nitrogens is 2. The van der Waals surface area contributed by atoms with Gasteiger partial charge in [0.1, 0.15) is 5.52 Å². The number of nitrogens with one attached hydrogen (secondary N) is 2. The predicted octanol–water partition coefficient (Wildman–Crippen LogP) is 5.39. The van der Waals surface area contributed by atoms with Gasteiger partial charge in [-0.15, -0.1) is 0 Å². The van der Waals surface area contributed by atoms with E-state index in [2.05, 4.69) is 33.6 Å². The van der Waals surface area contributed by atoms with E-state index in [-0.39, 0.29) is 31.1 Å². The van der Waals surface area contributed by atoms with Gasteiger partial charge >= 0.3 is 5.97 Å². The molecule has 2 aromatic heterocycles. The molecule has 35 heavy (non-hydrogen) atoms. The highest BCUT2D eigenvalue weighted by Crippen LogP contribution is 2.26. The summed E-state index contributed by atoms with van der Waals surface area (Å²) in [5.74, 6) is -1.02. The number of aliphatic carboxylic acids is 1. The van der Waals surface area contributed by atoms with Crippen molar-refractivity contribution in [3.63, 3.8) is 0 Å². The first-order chi connectivity index (χ1) is 16.8. The van der Waals surface area contributed by atoms with Crippen LogP contribution in [0, 0.1) is 13.8 Å². The molecule has 0 radical (unpaired) electrons. The van der Waals surface area contributed by atoms with Gasteiger partial charge in [0.05, 0.1) is 24.8 Å². The van der Waals surface area contributed by atoms with E-state index >= 15 is 0 Å². The Morgan fingerprint density at radius 3 is 2.69 bits per heavy atom. The molecule has 2 heterocycles. The zero-order valence-electron chi connectivity index (χ0n) is 20.0. The van der Waals surface area contributed by atoms with E-state index in [0.29, 0.717) is 23.0 Å². The molecule has 0 aliphatic heterocycles. The number of Topliss-reactive ketones (excluding diaryl/α,β-unsaturated/α-hetero) is 1. The molecule has 0 saturated heterocycles. The standard InChI is InChI=1S/C27H28N4O4/c1-16-5-4-6-23(18(16)3)30-27-31-24-9-7-19(13-25(24)35-27)12-21(32)15-28-20-8-10-22(29-14-20)17(2)11-26(33)34/h4-10,13-14,17,28H,11-12,15H2,1-3H3,(H,30,31)(H,33,34). The molecular weight excluding hydrogens is 444 g/mol. The zero-order valence-corrected chi connectivity index (χ0v) is 20.0. The average Bonchev–Trinajstić information content (AvgIpc) is 3.22. The zero-order chi connectivity index (χ0) is 24.9. The monoisotopic (exact) mass is 472 g/mol. The van der Waals surface area contributed by atoms with Crippen LogP contribution in [0.4, 0.5) is 17.4 Å². The Kier molecular flexibility index (Phi) is 7.10. The maximum absolute atomic E-state index is 12.5. The highest BCUT2D eigenvalue weighted by atomic mass is 16.4. The number of carbonyl (C=O) groups is 2. The Morgan fingerprint density at radius 1 is 1.11 bits per heavy atom. The van der Waals surface area contributed by atoms with Crippen LogP contribution in [-0.2, 0) is 16.0 Å². The third-order valence-corrected chi connectivity index (χ3v) is 5.96. The Morgan fingerprint density at radius 2 is 1.94 bits per heavy atom. The van der Waals surface area contributed by atoms with E-state index in [9.17, 15) is 9.59 Å². The normalized spacial score (nSPS) is 11.9. The molecule has 4 aromatic rings. The molecule has 1 unspecified atom stereocenters. The van der Waals surface area contributed by atoms with E-state index < -0.39 is 5.97 Å². The van der Waals surface area contributed by atoms with Gasteiger partial charge in [-0.2, -0.15) is 4.98 Å². The van der Waals surface area contributed by atoms with Gasteiger partial charge < -0.3 is 20.2 Å². The lowest BCUT2D eigenvalue weighted by Crippen LogP contribution is -2.16. The van der Waals surface area contributed by atoms with Gasteiger partial charge in [0.2, 0.25) is 0 Å². The first kappa shape index (κ1) is 23.9. The van der Waals surface area contributed by atoms with Crippen LogP contribution in [0.2, 0.25) is 0 Å². The van der Waals surface area contributed by atoms with E-state index in [0.717, 1.165) is 22.3 Å². The maximum atomic E-state index is 12.5. The average molecular weight is 473 g/mol. The number of carbonyl (C=O) groups excluding carboxylic acids is 1. The van der Waals surface area contributed by atoms with Crippen LogP contribution in [0.1, 0.15) is 41.6 Å². The molecule has 180 valence electrons. The summed E-state index contributed by atoms with van der Waals surface area (Å²) in [5, 5.41) is 15.2. The van der Waals surface area contributed by atoms with Crippen LogP contribution in [-0.4, -0.2) is 33.4 Å². The van der Waals surface area contributed by atoms with Crippen LogP contribution in [0.5, 0.6) is 0 Å². The lowest BCUT2D eigenvalue weighted by Gasteiger charge is -2.10. The molecule has 0 spiro atoms. The predicted molar refractivity (Wildman–Crippen MR) is 135 cm³/mol. The van der Waals surface area contributed by atoms with Crippen molar-refractivity contribution in [1.82, 2.24) is 9.97 Å². The molecule has 8 heteroatoms. The molecule has 0 aliphatic rings. The topological polar surface area (TPSA) is 117 Å². The van der Waals surface area contributed by atoms with Crippen LogP contribution < -0.4 is 10.6 Å². The van der Waals surface area contributed by atoms with E-state index in [4.69, 9.17) is 9.52 Å². The number of ketones is 1. The van der Waals surface area contributed by atoms with Crippen molar-refractivity contribution in [2.75, 3.05) is 17.2 Å². The molecule has 8 nitrogen and oxygen atoms in total. The van der Waals surface area contributed by atoms with Gasteiger partial charge in [-0.1, -0.05) is 25.1 Å². The molecule has 0 saturated carbocycles. The summed E-state index contributed by atoms with van der Waals surface area (Å²) in [6, 6.07) is 15.6. The minimum Gasteiger partial charge on any atom is -0.481 e. The molecule has 4 rings (SSSR count).